The minimum absolute atomic E-state index is 0.0279. The first kappa shape index (κ1) is 19.9. The number of anilines is 1. The lowest BCUT2D eigenvalue weighted by molar-refractivity contribution is -0.132. The Morgan fingerprint density at radius 1 is 1.09 bits per heavy atom. The Kier molecular flexibility index (Phi) is 4.55. The van der Waals surface area contributed by atoms with Crippen LogP contribution in [0.1, 0.15) is 35.6 Å². The predicted molar refractivity (Wildman–Crippen MR) is 117 cm³/mol. The van der Waals surface area contributed by atoms with Gasteiger partial charge >= 0.3 is 0 Å². The van der Waals surface area contributed by atoms with Crippen molar-refractivity contribution in [1.29, 1.82) is 0 Å². The summed E-state index contributed by atoms with van der Waals surface area (Å²) in [7, 11) is 0. The molecule has 0 spiro atoms. The van der Waals surface area contributed by atoms with Gasteiger partial charge in [0.2, 0.25) is 0 Å². The monoisotopic (exact) mass is 431 g/mol. The summed E-state index contributed by atoms with van der Waals surface area (Å²) in [5, 5.41) is 21.6. The van der Waals surface area contributed by atoms with E-state index in [0.29, 0.717) is 23.5 Å². The predicted octanol–water partition coefficient (Wildman–Crippen LogP) is 4.24. The molecule has 5 rings (SSSR count). The number of ketones is 1. The summed E-state index contributed by atoms with van der Waals surface area (Å²) in [5.41, 5.74) is 1.38. The van der Waals surface area contributed by atoms with Gasteiger partial charge in [0, 0.05) is 12.0 Å². The van der Waals surface area contributed by atoms with E-state index in [1.54, 1.807) is 49.4 Å². The largest absolute Gasteiger partial charge is 0.507 e. The lowest BCUT2D eigenvalue weighted by atomic mass is 9.97. The smallest absolute Gasteiger partial charge is 0.300 e. The van der Waals surface area contributed by atoms with Crippen molar-refractivity contribution in [2.75, 3.05) is 4.90 Å². The number of aryl methyl sites for hydroxylation is 1. The Morgan fingerprint density at radius 2 is 1.88 bits per heavy atom. The van der Waals surface area contributed by atoms with Gasteiger partial charge in [0.25, 0.3) is 11.7 Å². The summed E-state index contributed by atoms with van der Waals surface area (Å²) in [6.45, 7) is 3.70. The van der Waals surface area contributed by atoms with Crippen LogP contribution in [0.5, 0.6) is 11.5 Å². The highest BCUT2D eigenvalue weighted by molar-refractivity contribution is 6.51. The molecular formula is C25H21NO6. The number of para-hydroxylation sites is 2. The quantitative estimate of drug-likeness (QED) is 0.365. The third kappa shape index (κ3) is 3.05. The molecule has 2 N–H and O–H groups in total. The van der Waals surface area contributed by atoms with Crippen molar-refractivity contribution < 1.29 is 29.0 Å². The number of aromatic hydroxyl groups is 1. The molecule has 1 amide bonds. The summed E-state index contributed by atoms with van der Waals surface area (Å²) < 4.78 is 11.5. The molecule has 2 aromatic carbocycles. The number of fused-ring (bicyclic) bond motifs is 1. The molecule has 0 aliphatic carbocycles. The molecule has 0 radical (unpaired) electrons. The maximum atomic E-state index is 13.1. The summed E-state index contributed by atoms with van der Waals surface area (Å²) in [6, 6.07) is 13.8. The number of phenolic OH excluding ortho intramolecular Hbond substituents is 1. The van der Waals surface area contributed by atoms with E-state index in [1.165, 1.54) is 17.0 Å². The first-order valence-corrected chi connectivity index (χ1v) is 10.3. The fourth-order valence-corrected chi connectivity index (χ4v) is 4.34. The maximum Gasteiger partial charge on any atom is 0.300 e. The van der Waals surface area contributed by atoms with E-state index >= 15 is 0 Å². The molecule has 32 heavy (non-hydrogen) atoms. The van der Waals surface area contributed by atoms with Crippen LogP contribution in [0.2, 0.25) is 0 Å². The summed E-state index contributed by atoms with van der Waals surface area (Å²) in [6.07, 6.45) is 0.712. The Morgan fingerprint density at radius 3 is 2.59 bits per heavy atom. The maximum absolute atomic E-state index is 13.1. The van der Waals surface area contributed by atoms with E-state index in [0.717, 1.165) is 11.3 Å². The number of carbonyl (C=O) groups is 2. The highest BCUT2D eigenvalue weighted by Gasteiger charge is 2.49. The van der Waals surface area contributed by atoms with Gasteiger partial charge in [-0.25, -0.2) is 0 Å². The second kappa shape index (κ2) is 7.30. The van der Waals surface area contributed by atoms with Crippen LogP contribution < -0.4 is 9.64 Å². The molecule has 1 fully saturated rings. The van der Waals surface area contributed by atoms with Gasteiger partial charge < -0.3 is 19.4 Å². The van der Waals surface area contributed by atoms with Crippen LogP contribution in [0.15, 0.2) is 64.6 Å². The number of Topliss-reactive ketones (excluding diaryl/α,β-unsaturated/α-hetero) is 1. The molecule has 7 heteroatoms. The molecular weight excluding hydrogens is 410 g/mol. The zero-order valence-corrected chi connectivity index (χ0v) is 17.5. The first-order valence-electron chi connectivity index (χ1n) is 10.3. The average Bonchev–Trinajstić information content (AvgIpc) is 3.43. The first-order chi connectivity index (χ1) is 15.3. The Hall–Kier alpha value is -4.00. The number of ether oxygens (including phenoxy) is 1. The van der Waals surface area contributed by atoms with Gasteiger partial charge in [0.05, 0.1) is 11.3 Å². The molecule has 2 unspecified atom stereocenters. The fourth-order valence-electron chi connectivity index (χ4n) is 4.34. The lowest BCUT2D eigenvalue weighted by Gasteiger charge is -2.24. The van der Waals surface area contributed by atoms with Crippen LogP contribution in [0.3, 0.4) is 0 Å². The number of amides is 1. The van der Waals surface area contributed by atoms with Gasteiger partial charge in [-0.15, -0.1) is 0 Å². The number of furan rings is 1. The van der Waals surface area contributed by atoms with E-state index in [4.69, 9.17) is 9.15 Å². The standard InChI is InChI=1S/C25H21NO6/c1-13-7-9-20(31-13)22-21(23(28)15-8-10-19-16(12-15)11-14(2)32-19)24(29)25(30)26(22)17-5-3-4-6-18(17)27/h3-10,12,14,22,27-28H,11H2,1-2H3/b23-21-. The van der Waals surface area contributed by atoms with Crippen molar-refractivity contribution in [1.82, 2.24) is 0 Å². The van der Waals surface area contributed by atoms with Gasteiger partial charge in [-0.2, -0.15) is 0 Å². The number of hydrogen-bond acceptors (Lipinski definition) is 6. The fraction of sp³-hybridized carbons (Fsp3) is 0.200. The van der Waals surface area contributed by atoms with Crippen LogP contribution >= 0.6 is 0 Å². The molecule has 3 heterocycles. The average molecular weight is 431 g/mol. The zero-order chi connectivity index (χ0) is 22.6. The van der Waals surface area contributed by atoms with Crippen molar-refractivity contribution in [3.63, 3.8) is 0 Å². The van der Waals surface area contributed by atoms with Crippen molar-refractivity contribution >= 4 is 23.1 Å². The van der Waals surface area contributed by atoms with Crippen LogP contribution in [-0.4, -0.2) is 28.0 Å². The minimum Gasteiger partial charge on any atom is -0.507 e. The molecule has 162 valence electrons. The number of aliphatic hydroxyl groups is 1. The number of aliphatic hydroxyl groups excluding tert-OH is 1. The summed E-state index contributed by atoms with van der Waals surface area (Å²) in [5.74, 6) is -0.535. The third-order valence-corrected chi connectivity index (χ3v) is 5.79. The van der Waals surface area contributed by atoms with Crippen LogP contribution in [-0.2, 0) is 16.0 Å². The molecule has 7 nitrogen and oxygen atoms in total. The number of nitrogens with zero attached hydrogens (tertiary/aromatic N) is 1. The van der Waals surface area contributed by atoms with Gasteiger partial charge in [0.1, 0.15) is 40.9 Å². The van der Waals surface area contributed by atoms with Gasteiger partial charge in [-0.3, -0.25) is 14.5 Å². The number of benzene rings is 2. The second-order valence-electron chi connectivity index (χ2n) is 8.06. The van der Waals surface area contributed by atoms with Crippen LogP contribution in [0, 0.1) is 6.92 Å². The Bertz CT molecular complexity index is 1290. The molecule has 2 aliphatic heterocycles. The number of hydrogen-bond donors (Lipinski definition) is 2. The minimum atomic E-state index is -1.03. The molecule has 1 aromatic heterocycles. The van der Waals surface area contributed by atoms with Crippen molar-refractivity contribution in [3.8, 4) is 11.5 Å². The molecule has 2 atom stereocenters. The van der Waals surface area contributed by atoms with Crippen molar-refractivity contribution in [3.05, 3.63) is 82.8 Å². The molecule has 0 saturated carbocycles. The number of rotatable bonds is 3. The zero-order valence-electron chi connectivity index (χ0n) is 17.5. The van der Waals surface area contributed by atoms with Gasteiger partial charge in [0.15, 0.2) is 0 Å². The molecule has 1 saturated heterocycles. The highest BCUT2D eigenvalue weighted by Crippen LogP contribution is 2.45. The lowest BCUT2D eigenvalue weighted by Crippen LogP contribution is -2.29. The van der Waals surface area contributed by atoms with Gasteiger partial charge in [-0.1, -0.05) is 12.1 Å². The van der Waals surface area contributed by atoms with Gasteiger partial charge in [-0.05, 0) is 61.9 Å². The number of carbonyl (C=O) groups excluding carboxylic acids is 2. The second-order valence-corrected chi connectivity index (χ2v) is 8.06. The van der Waals surface area contributed by atoms with E-state index in [9.17, 15) is 19.8 Å². The summed E-state index contributed by atoms with van der Waals surface area (Å²) >= 11 is 0. The van der Waals surface area contributed by atoms with Crippen LogP contribution in [0.4, 0.5) is 5.69 Å². The van der Waals surface area contributed by atoms with E-state index in [1.807, 2.05) is 6.92 Å². The van der Waals surface area contributed by atoms with E-state index in [-0.39, 0.29) is 28.9 Å². The number of phenols is 1. The normalized spacial score (nSPS) is 21.6. The topological polar surface area (TPSA) is 100 Å². The molecule has 0 bridgehead atoms. The van der Waals surface area contributed by atoms with Crippen molar-refractivity contribution in [2.45, 2.75) is 32.4 Å². The molecule has 2 aliphatic rings. The van der Waals surface area contributed by atoms with E-state index in [2.05, 4.69) is 0 Å². The highest BCUT2D eigenvalue weighted by atomic mass is 16.5. The van der Waals surface area contributed by atoms with Crippen molar-refractivity contribution in [2.24, 2.45) is 0 Å². The van der Waals surface area contributed by atoms with Crippen LogP contribution in [0.25, 0.3) is 5.76 Å². The SMILES string of the molecule is Cc1ccc(C2/C(=C(/O)c3ccc4c(c3)CC(C)O4)C(=O)C(=O)N2c2ccccc2O)o1. The summed E-state index contributed by atoms with van der Waals surface area (Å²) in [4.78, 5) is 27.4. The Labute approximate surface area is 184 Å². The van der Waals surface area contributed by atoms with E-state index < -0.39 is 17.7 Å². The Balaban J connectivity index is 1.70. The molecule has 3 aromatic rings. The third-order valence-electron chi connectivity index (χ3n) is 5.79.